The molecule has 1 saturated heterocycles. The summed E-state index contributed by atoms with van der Waals surface area (Å²) in [5.41, 5.74) is 4.80. The SMILES string of the molecule is COc1ccc(N2CCN(c3nccc(Nc4cccc(C)c4C)n3)CC2)cc1. The van der Waals surface area contributed by atoms with Crippen molar-refractivity contribution in [3.63, 3.8) is 0 Å². The lowest BCUT2D eigenvalue weighted by atomic mass is 10.1. The Morgan fingerprint density at radius 1 is 0.897 bits per heavy atom. The van der Waals surface area contributed by atoms with Crippen molar-refractivity contribution in [3.8, 4) is 5.75 Å². The fraction of sp³-hybridized carbons (Fsp3) is 0.304. The van der Waals surface area contributed by atoms with Gasteiger partial charge in [0.05, 0.1) is 7.11 Å². The molecular formula is C23H27N5O. The number of hydrogen-bond acceptors (Lipinski definition) is 6. The van der Waals surface area contributed by atoms with E-state index in [2.05, 4.69) is 64.3 Å². The number of nitrogens with zero attached hydrogens (tertiary/aromatic N) is 4. The second-order valence-corrected chi connectivity index (χ2v) is 7.29. The zero-order chi connectivity index (χ0) is 20.2. The average Bonchev–Trinajstić information content (AvgIpc) is 2.77. The molecule has 1 fully saturated rings. The lowest BCUT2D eigenvalue weighted by Crippen LogP contribution is -2.47. The predicted octanol–water partition coefficient (Wildman–Crippen LogP) is 4.17. The Morgan fingerprint density at radius 3 is 2.34 bits per heavy atom. The first kappa shape index (κ1) is 19.1. The lowest BCUT2D eigenvalue weighted by molar-refractivity contribution is 0.415. The highest BCUT2D eigenvalue weighted by atomic mass is 16.5. The van der Waals surface area contributed by atoms with Gasteiger partial charge in [0.15, 0.2) is 0 Å². The molecule has 2 aromatic carbocycles. The molecule has 0 spiro atoms. The molecule has 6 nitrogen and oxygen atoms in total. The molecule has 3 aromatic rings. The smallest absolute Gasteiger partial charge is 0.227 e. The molecule has 1 aliphatic heterocycles. The van der Waals surface area contributed by atoms with Crippen LogP contribution in [0.25, 0.3) is 0 Å². The highest BCUT2D eigenvalue weighted by Gasteiger charge is 2.19. The Balaban J connectivity index is 1.42. The quantitative estimate of drug-likeness (QED) is 0.707. The number of rotatable bonds is 5. The Bertz CT molecular complexity index is 965. The second-order valence-electron chi connectivity index (χ2n) is 7.29. The molecule has 1 N–H and O–H groups in total. The zero-order valence-corrected chi connectivity index (χ0v) is 17.2. The van der Waals surface area contributed by atoms with Crippen molar-refractivity contribution in [2.75, 3.05) is 48.4 Å². The number of anilines is 4. The van der Waals surface area contributed by atoms with Crippen molar-refractivity contribution in [1.82, 2.24) is 9.97 Å². The van der Waals surface area contributed by atoms with Crippen LogP contribution in [0.15, 0.2) is 54.7 Å². The van der Waals surface area contributed by atoms with Gasteiger partial charge in [0.1, 0.15) is 11.6 Å². The summed E-state index contributed by atoms with van der Waals surface area (Å²) in [5.74, 6) is 2.48. The van der Waals surface area contributed by atoms with Crippen molar-refractivity contribution < 1.29 is 4.74 Å². The van der Waals surface area contributed by atoms with Crippen LogP contribution in [0, 0.1) is 13.8 Å². The number of benzene rings is 2. The maximum Gasteiger partial charge on any atom is 0.227 e. The van der Waals surface area contributed by atoms with Crippen molar-refractivity contribution in [2.45, 2.75) is 13.8 Å². The van der Waals surface area contributed by atoms with Gasteiger partial charge in [-0.15, -0.1) is 0 Å². The highest BCUT2D eigenvalue weighted by molar-refractivity contribution is 5.62. The Kier molecular flexibility index (Phi) is 5.51. The third kappa shape index (κ3) is 4.26. The number of aromatic nitrogens is 2. The first-order chi connectivity index (χ1) is 14.1. The maximum atomic E-state index is 5.25. The number of hydrogen-bond donors (Lipinski definition) is 1. The first-order valence-electron chi connectivity index (χ1n) is 9.94. The molecule has 0 bridgehead atoms. The van der Waals surface area contributed by atoms with Crippen LogP contribution < -0.4 is 19.9 Å². The first-order valence-corrected chi connectivity index (χ1v) is 9.94. The number of ether oxygens (including phenoxy) is 1. The summed E-state index contributed by atoms with van der Waals surface area (Å²) in [6, 6.07) is 16.4. The van der Waals surface area contributed by atoms with E-state index in [9.17, 15) is 0 Å². The summed E-state index contributed by atoms with van der Waals surface area (Å²) < 4.78 is 5.25. The van der Waals surface area contributed by atoms with Gasteiger partial charge in [-0.05, 0) is 61.4 Å². The third-order valence-corrected chi connectivity index (χ3v) is 5.51. The summed E-state index contributed by atoms with van der Waals surface area (Å²) in [6.45, 7) is 7.89. The van der Waals surface area contributed by atoms with Crippen molar-refractivity contribution in [3.05, 3.63) is 65.9 Å². The van der Waals surface area contributed by atoms with E-state index in [1.807, 2.05) is 24.4 Å². The number of methoxy groups -OCH3 is 1. The highest BCUT2D eigenvalue weighted by Crippen LogP contribution is 2.24. The molecule has 0 amide bonds. The van der Waals surface area contributed by atoms with Gasteiger partial charge in [0.25, 0.3) is 0 Å². The van der Waals surface area contributed by atoms with Gasteiger partial charge in [-0.1, -0.05) is 12.1 Å². The molecule has 1 aliphatic rings. The van der Waals surface area contributed by atoms with Crippen molar-refractivity contribution >= 4 is 23.1 Å². The molecule has 0 saturated carbocycles. The molecule has 1 aromatic heterocycles. The minimum atomic E-state index is 0.773. The predicted molar refractivity (Wildman–Crippen MR) is 119 cm³/mol. The van der Waals surface area contributed by atoms with E-state index in [-0.39, 0.29) is 0 Å². The summed E-state index contributed by atoms with van der Waals surface area (Å²) in [6.07, 6.45) is 1.83. The van der Waals surface area contributed by atoms with E-state index in [0.717, 1.165) is 49.4 Å². The Labute approximate surface area is 172 Å². The van der Waals surface area contributed by atoms with Gasteiger partial charge in [0, 0.05) is 43.8 Å². The average molecular weight is 390 g/mol. The van der Waals surface area contributed by atoms with Crippen LogP contribution in [-0.2, 0) is 0 Å². The van der Waals surface area contributed by atoms with Crippen LogP contribution in [-0.4, -0.2) is 43.3 Å². The van der Waals surface area contributed by atoms with Gasteiger partial charge >= 0.3 is 0 Å². The minimum absolute atomic E-state index is 0.773. The molecule has 29 heavy (non-hydrogen) atoms. The van der Waals surface area contributed by atoms with Crippen LogP contribution in [0.5, 0.6) is 5.75 Å². The fourth-order valence-electron chi connectivity index (χ4n) is 3.55. The van der Waals surface area contributed by atoms with Crippen molar-refractivity contribution in [1.29, 1.82) is 0 Å². The van der Waals surface area contributed by atoms with Crippen LogP contribution >= 0.6 is 0 Å². The van der Waals surface area contributed by atoms with Crippen LogP contribution in [0.3, 0.4) is 0 Å². The minimum Gasteiger partial charge on any atom is -0.497 e. The van der Waals surface area contributed by atoms with E-state index in [4.69, 9.17) is 9.72 Å². The van der Waals surface area contributed by atoms with E-state index in [1.165, 1.54) is 16.8 Å². The van der Waals surface area contributed by atoms with Gasteiger partial charge < -0.3 is 19.9 Å². The Morgan fingerprint density at radius 2 is 1.62 bits per heavy atom. The normalized spacial score (nSPS) is 14.0. The van der Waals surface area contributed by atoms with Crippen LogP contribution in [0.2, 0.25) is 0 Å². The van der Waals surface area contributed by atoms with E-state index >= 15 is 0 Å². The van der Waals surface area contributed by atoms with Crippen LogP contribution in [0.1, 0.15) is 11.1 Å². The molecule has 0 atom stereocenters. The number of piperazine rings is 1. The monoisotopic (exact) mass is 389 g/mol. The fourth-order valence-corrected chi connectivity index (χ4v) is 3.55. The molecule has 0 aliphatic carbocycles. The lowest BCUT2D eigenvalue weighted by Gasteiger charge is -2.36. The zero-order valence-electron chi connectivity index (χ0n) is 17.2. The van der Waals surface area contributed by atoms with E-state index in [0.29, 0.717) is 0 Å². The second kappa shape index (κ2) is 8.39. The third-order valence-electron chi connectivity index (χ3n) is 5.51. The number of aryl methyl sites for hydroxylation is 1. The molecule has 2 heterocycles. The van der Waals surface area contributed by atoms with Gasteiger partial charge in [-0.25, -0.2) is 4.98 Å². The van der Waals surface area contributed by atoms with Gasteiger partial charge in [-0.3, -0.25) is 0 Å². The summed E-state index contributed by atoms with van der Waals surface area (Å²) >= 11 is 0. The molecular weight excluding hydrogens is 362 g/mol. The van der Waals surface area contributed by atoms with Crippen molar-refractivity contribution in [2.24, 2.45) is 0 Å². The van der Waals surface area contributed by atoms with Crippen LogP contribution in [0.4, 0.5) is 23.1 Å². The summed E-state index contributed by atoms with van der Waals surface area (Å²) in [4.78, 5) is 13.9. The largest absolute Gasteiger partial charge is 0.497 e. The van der Waals surface area contributed by atoms with E-state index in [1.54, 1.807) is 7.11 Å². The van der Waals surface area contributed by atoms with E-state index < -0.39 is 0 Å². The topological polar surface area (TPSA) is 53.5 Å². The molecule has 6 heteroatoms. The standard InChI is InChI=1S/C23H27N5O/c1-17-5-4-6-21(18(17)2)25-22-11-12-24-23(26-22)28-15-13-27(14-16-28)19-7-9-20(29-3)10-8-19/h4-12H,13-16H2,1-3H3,(H,24,25,26). The van der Waals surface area contributed by atoms with Gasteiger partial charge in [0.2, 0.25) is 5.95 Å². The number of nitrogens with one attached hydrogen (secondary N) is 1. The molecule has 0 radical (unpaired) electrons. The van der Waals surface area contributed by atoms with Gasteiger partial charge in [-0.2, -0.15) is 4.98 Å². The molecule has 4 rings (SSSR count). The maximum absolute atomic E-state index is 5.25. The molecule has 0 unspecified atom stereocenters. The Hall–Kier alpha value is -3.28. The summed E-state index contributed by atoms with van der Waals surface area (Å²) in [7, 11) is 1.69. The summed E-state index contributed by atoms with van der Waals surface area (Å²) in [5, 5.41) is 3.44. The molecule has 150 valence electrons.